The van der Waals surface area contributed by atoms with Gasteiger partial charge in [-0.25, -0.2) is 5.10 Å². The van der Waals surface area contributed by atoms with Crippen LogP contribution in [0, 0.1) is 0 Å². The first-order valence-corrected chi connectivity index (χ1v) is 6.05. The molecule has 0 bridgehead atoms. The molecule has 0 aliphatic rings. The fraction of sp³-hybridized carbons (Fsp3) is 0. The molecule has 0 saturated heterocycles. The fourth-order valence-corrected chi connectivity index (χ4v) is 1.74. The summed E-state index contributed by atoms with van der Waals surface area (Å²) in [5.41, 5.74) is 1.17. The summed E-state index contributed by atoms with van der Waals surface area (Å²) in [7, 11) is 0. The van der Waals surface area contributed by atoms with Crippen LogP contribution in [0.4, 0.5) is 0 Å². The van der Waals surface area contributed by atoms with E-state index in [2.05, 4.69) is 15.2 Å². The molecule has 20 heavy (non-hydrogen) atoms. The number of hydrogen-bond donors (Lipinski definition) is 1. The highest BCUT2D eigenvalue weighted by molar-refractivity contribution is 5.59. The summed E-state index contributed by atoms with van der Waals surface area (Å²) in [6.07, 6.45) is 3.29. The number of rotatable bonds is 3. The van der Waals surface area contributed by atoms with E-state index in [-0.39, 0.29) is 5.56 Å². The van der Waals surface area contributed by atoms with Crippen LogP contribution in [0.3, 0.4) is 0 Å². The average Bonchev–Trinajstić information content (AvgIpc) is 2.49. The Hall–Kier alpha value is -2.95. The van der Waals surface area contributed by atoms with Gasteiger partial charge in [-0.1, -0.05) is 18.2 Å². The van der Waals surface area contributed by atoms with E-state index >= 15 is 0 Å². The lowest BCUT2D eigenvalue weighted by molar-refractivity contribution is 0.480. The molecule has 98 valence electrons. The predicted molar refractivity (Wildman–Crippen MR) is 74.6 cm³/mol. The van der Waals surface area contributed by atoms with Gasteiger partial charge in [0.05, 0.1) is 11.9 Å². The van der Waals surface area contributed by atoms with Crippen LogP contribution in [0.15, 0.2) is 65.7 Å². The van der Waals surface area contributed by atoms with Crippen LogP contribution in [0.2, 0.25) is 0 Å². The van der Waals surface area contributed by atoms with Crippen molar-refractivity contribution < 1.29 is 4.74 Å². The van der Waals surface area contributed by atoms with E-state index in [9.17, 15) is 4.79 Å². The molecule has 3 aromatic rings. The Balaban J connectivity index is 1.90. The van der Waals surface area contributed by atoms with Crippen molar-refractivity contribution in [2.45, 2.75) is 0 Å². The van der Waals surface area contributed by atoms with Gasteiger partial charge in [-0.15, -0.1) is 0 Å². The Kier molecular flexibility index (Phi) is 3.24. The Bertz CT molecular complexity index is 749. The number of aromatic amines is 1. The van der Waals surface area contributed by atoms with Gasteiger partial charge in [0.25, 0.3) is 5.56 Å². The van der Waals surface area contributed by atoms with Gasteiger partial charge < -0.3 is 4.74 Å². The van der Waals surface area contributed by atoms with Crippen molar-refractivity contribution in [3.05, 3.63) is 71.3 Å². The van der Waals surface area contributed by atoms with E-state index in [0.29, 0.717) is 11.4 Å². The second-order valence-corrected chi connectivity index (χ2v) is 4.13. The summed E-state index contributed by atoms with van der Waals surface area (Å²) >= 11 is 0. The van der Waals surface area contributed by atoms with E-state index in [0.717, 1.165) is 11.3 Å². The van der Waals surface area contributed by atoms with E-state index in [4.69, 9.17) is 4.74 Å². The number of nitrogens with zero attached hydrogens (tertiary/aromatic N) is 2. The van der Waals surface area contributed by atoms with Gasteiger partial charge >= 0.3 is 0 Å². The fourth-order valence-electron chi connectivity index (χ4n) is 1.74. The molecule has 0 aliphatic heterocycles. The number of ether oxygens (including phenoxy) is 1. The first-order chi connectivity index (χ1) is 9.81. The minimum Gasteiger partial charge on any atom is -0.456 e. The molecule has 1 N–H and O–H groups in total. The van der Waals surface area contributed by atoms with Crippen molar-refractivity contribution in [2.75, 3.05) is 0 Å². The number of nitrogens with one attached hydrogen (secondary N) is 1. The molecular formula is C15H11N3O2. The first-order valence-electron chi connectivity index (χ1n) is 6.05. The van der Waals surface area contributed by atoms with Crippen LogP contribution in [0.25, 0.3) is 11.3 Å². The van der Waals surface area contributed by atoms with Crippen LogP contribution in [-0.2, 0) is 0 Å². The number of para-hydroxylation sites is 1. The second-order valence-electron chi connectivity index (χ2n) is 4.13. The molecule has 5 heteroatoms. The standard InChI is InChI=1S/C15H11N3O2/c19-15-7-6-14(17-18-15)11-8-13(10-16-9-11)20-12-4-2-1-3-5-12/h1-10H,(H,18,19). The largest absolute Gasteiger partial charge is 0.456 e. The van der Waals surface area contributed by atoms with Crippen LogP contribution < -0.4 is 10.3 Å². The molecule has 0 fully saturated rings. The molecule has 0 unspecified atom stereocenters. The Morgan fingerprint density at radius 1 is 0.950 bits per heavy atom. The normalized spacial score (nSPS) is 10.2. The van der Waals surface area contributed by atoms with Gasteiger partial charge in [-0.2, -0.15) is 5.10 Å². The number of benzene rings is 1. The molecule has 2 aromatic heterocycles. The summed E-state index contributed by atoms with van der Waals surface area (Å²) in [5.74, 6) is 1.35. The third-order valence-electron chi connectivity index (χ3n) is 2.67. The Labute approximate surface area is 114 Å². The number of H-pyrrole nitrogens is 1. The predicted octanol–water partition coefficient (Wildman–Crippen LogP) is 2.62. The maximum absolute atomic E-state index is 11.0. The van der Waals surface area contributed by atoms with E-state index in [1.54, 1.807) is 18.5 Å². The summed E-state index contributed by atoms with van der Waals surface area (Å²) in [6.45, 7) is 0. The van der Waals surface area contributed by atoms with Crippen LogP contribution in [0.1, 0.15) is 0 Å². The van der Waals surface area contributed by atoms with Gasteiger partial charge in [0.1, 0.15) is 11.5 Å². The molecule has 0 amide bonds. The van der Waals surface area contributed by atoms with Gasteiger partial charge in [0.2, 0.25) is 0 Å². The van der Waals surface area contributed by atoms with E-state index < -0.39 is 0 Å². The third kappa shape index (κ3) is 2.72. The second kappa shape index (κ2) is 5.36. The molecular weight excluding hydrogens is 254 g/mol. The van der Waals surface area contributed by atoms with Gasteiger partial charge in [0.15, 0.2) is 0 Å². The molecule has 0 atom stereocenters. The highest BCUT2D eigenvalue weighted by Gasteiger charge is 2.03. The van der Waals surface area contributed by atoms with Crippen molar-refractivity contribution in [1.29, 1.82) is 0 Å². The summed E-state index contributed by atoms with van der Waals surface area (Å²) in [6, 6.07) is 14.3. The van der Waals surface area contributed by atoms with E-state index in [1.165, 1.54) is 6.07 Å². The monoisotopic (exact) mass is 265 g/mol. The maximum atomic E-state index is 11.0. The zero-order valence-electron chi connectivity index (χ0n) is 10.5. The molecule has 2 heterocycles. The zero-order valence-corrected chi connectivity index (χ0v) is 10.5. The average molecular weight is 265 g/mol. The zero-order chi connectivity index (χ0) is 13.8. The van der Waals surface area contributed by atoms with Crippen LogP contribution in [0.5, 0.6) is 11.5 Å². The van der Waals surface area contributed by atoms with Crippen molar-refractivity contribution in [2.24, 2.45) is 0 Å². The molecule has 3 rings (SSSR count). The smallest absolute Gasteiger partial charge is 0.264 e. The Morgan fingerprint density at radius 2 is 1.80 bits per heavy atom. The number of hydrogen-bond acceptors (Lipinski definition) is 4. The highest BCUT2D eigenvalue weighted by atomic mass is 16.5. The summed E-state index contributed by atoms with van der Waals surface area (Å²) in [5, 5.41) is 6.36. The summed E-state index contributed by atoms with van der Waals surface area (Å²) < 4.78 is 5.70. The summed E-state index contributed by atoms with van der Waals surface area (Å²) in [4.78, 5) is 15.1. The topological polar surface area (TPSA) is 67.9 Å². The first kappa shape index (κ1) is 12.1. The minimum atomic E-state index is -0.238. The lowest BCUT2D eigenvalue weighted by atomic mass is 10.2. The molecule has 0 saturated carbocycles. The van der Waals surface area contributed by atoms with Crippen molar-refractivity contribution in [3.8, 4) is 22.8 Å². The van der Waals surface area contributed by atoms with Gasteiger partial charge in [0, 0.05) is 17.8 Å². The van der Waals surface area contributed by atoms with Crippen LogP contribution >= 0.6 is 0 Å². The maximum Gasteiger partial charge on any atom is 0.264 e. The van der Waals surface area contributed by atoms with E-state index in [1.807, 2.05) is 36.4 Å². The molecule has 5 nitrogen and oxygen atoms in total. The SMILES string of the molecule is O=c1ccc(-c2cncc(Oc3ccccc3)c2)n[nH]1. The third-order valence-corrected chi connectivity index (χ3v) is 2.67. The van der Waals surface area contributed by atoms with Crippen LogP contribution in [-0.4, -0.2) is 15.2 Å². The lowest BCUT2D eigenvalue weighted by Gasteiger charge is -2.06. The lowest BCUT2D eigenvalue weighted by Crippen LogP contribution is -2.05. The molecule has 0 radical (unpaired) electrons. The molecule has 0 aliphatic carbocycles. The molecule has 0 spiro atoms. The molecule has 1 aromatic carbocycles. The highest BCUT2D eigenvalue weighted by Crippen LogP contribution is 2.24. The quantitative estimate of drug-likeness (QED) is 0.790. The number of pyridine rings is 1. The van der Waals surface area contributed by atoms with Crippen molar-refractivity contribution >= 4 is 0 Å². The minimum absolute atomic E-state index is 0.238. The van der Waals surface area contributed by atoms with Gasteiger partial charge in [-0.3, -0.25) is 9.78 Å². The van der Waals surface area contributed by atoms with Gasteiger partial charge in [-0.05, 0) is 24.3 Å². The number of aromatic nitrogens is 3. The van der Waals surface area contributed by atoms with Crippen molar-refractivity contribution in [1.82, 2.24) is 15.2 Å². The van der Waals surface area contributed by atoms with Crippen molar-refractivity contribution in [3.63, 3.8) is 0 Å². The Morgan fingerprint density at radius 3 is 2.55 bits per heavy atom.